The van der Waals surface area contributed by atoms with Gasteiger partial charge < -0.3 is 15.8 Å². The number of anilines is 2. The van der Waals surface area contributed by atoms with Gasteiger partial charge in [0.05, 0.1) is 18.8 Å². The van der Waals surface area contributed by atoms with E-state index in [4.69, 9.17) is 17.3 Å². The SMILES string of the molecule is COC(=O)c1ccc(N)c(NC(C)c2ccc(Cl)cc2)n1. The van der Waals surface area contributed by atoms with Crippen LogP contribution in [0.5, 0.6) is 0 Å². The summed E-state index contributed by atoms with van der Waals surface area (Å²) in [5.74, 6) is -0.0578. The van der Waals surface area contributed by atoms with Crippen LogP contribution in [0.3, 0.4) is 0 Å². The Labute approximate surface area is 128 Å². The van der Waals surface area contributed by atoms with Gasteiger partial charge in [-0.1, -0.05) is 23.7 Å². The number of nitrogens with zero attached hydrogens (tertiary/aromatic N) is 1. The Kier molecular flexibility index (Phi) is 4.65. The van der Waals surface area contributed by atoms with Crippen LogP contribution >= 0.6 is 11.6 Å². The highest BCUT2D eigenvalue weighted by Crippen LogP contribution is 2.23. The minimum atomic E-state index is -0.503. The number of ether oxygens (including phenoxy) is 1. The van der Waals surface area contributed by atoms with E-state index in [2.05, 4.69) is 15.0 Å². The third-order valence-electron chi connectivity index (χ3n) is 3.04. The molecule has 0 fully saturated rings. The van der Waals surface area contributed by atoms with Gasteiger partial charge in [0, 0.05) is 5.02 Å². The molecule has 6 heteroatoms. The van der Waals surface area contributed by atoms with E-state index in [1.807, 2.05) is 31.2 Å². The molecule has 0 amide bonds. The minimum Gasteiger partial charge on any atom is -0.464 e. The van der Waals surface area contributed by atoms with Gasteiger partial charge in [-0.3, -0.25) is 0 Å². The first kappa shape index (κ1) is 15.1. The summed E-state index contributed by atoms with van der Waals surface area (Å²) in [5.41, 5.74) is 7.58. The molecule has 2 aromatic rings. The van der Waals surface area contributed by atoms with E-state index < -0.39 is 5.97 Å². The molecule has 1 unspecified atom stereocenters. The number of hydrogen-bond donors (Lipinski definition) is 2. The second kappa shape index (κ2) is 6.45. The molecule has 3 N–H and O–H groups in total. The van der Waals surface area contributed by atoms with E-state index in [0.717, 1.165) is 5.56 Å². The number of benzene rings is 1. The lowest BCUT2D eigenvalue weighted by Crippen LogP contribution is -2.12. The van der Waals surface area contributed by atoms with Crippen LogP contribution in [0.15, 0.2) is 36.4 Å². The van der Waals surface area contributed by atoms with Gasteiger partial charge in [0.2, 0.25) is 0 Å². The Morgan fingerprint density at radius 2 is 1.95 bits per heavy atom. The van der Waals surface area contributed by atoms with Crippen LogP contribution in [-0.2, 0) is 4.74 Å². The highest BCUT2D eigenvalue weighted by molar-refractivity contribution is 6.30. The lowest BCUT2D eigenvalue weighted by Gasteiger charge is -2.17. The molecule has 110 valence electrons. The van der Waals surface area contributed by atoms with Gasteiger partial charge >= 0.3 is 5.97 Å². The number of nitrogen functional groups attached to an aromatic ring is 1. The highest BCUT2D eigenvalue weighted by Gasteiger charge is 2.13. The predicted octanol–water partition coefficient (Wildman–Crippen LogP) is 3.28. The van der Waals surface area contributed by atoms with E-state index in [0.29, 0.717) is 16.5 Å². The van der Waals surface area contributed by atoms with Crippen LogP contribution in [0.25, 0.3) is 0 Å². The van der Waals surface area contributed by atoms with Gasteiger partial charge in [-0.2, -0.15) is 0 Å². The monoisotopic (exact) mass is 305 g/mol. The lowest BCUT2D eigenvalue weighted by atomic mass is 10.1. The maximum atomic E-state index is 11.5. The molecule has 0 bridgehead atoms. The Morgan fingerprint density at radius 1 is 1.29 bits per heavy atom. The summed E-state index contributed by atoms with van der Waals surface area (Å²) in [7, 11) is 1.31. The topological polar surface area (TPSA) is 77.2 Å². The molecule has 0 spiro atoms. The summed E-state index contributed by atoms with van der Waals surface area (Å²) in [4.78, 5) is 15.7. The molecular formula is C15H16ClN3O2. The van der Waals surface area contributed by atoms with Crippen molar-refractivity contribution in [2.75, 3.05) is 18.2 Å². The molecule has 0 radical (unpaired) electrons. The van der Waals surface area contributed by atoms with Gasteiger partial charge in [-0.15, -0.1) is 0 Å². The van der Waals surface area contributed by atoms with Gasteiger partial charge in [-0.25, -0.2) is 9.78 Å². The molecule has 1 aromatic carbocycles. The van der Waals surface area contributed by atoms with Crippen molar-refractivity contribution in [1.29, 1.82) is 0 Å². The number of halogens is 1. The Morgan fingerprint density at radius 3 is 2.57 bits per heavy atom. The van der Waals surface area contributed by atoms with E-state index >= 15 is 0 Å². The molecule has 1 heterocycles. The molecule has 1 aromatic heterocycles. The number of methoxy groups -OCH3 is 1. The Bertz CT molecular complexity index is 644. The maximum absolute atomic E-state index is 11.5. The van der Waals surface area contributed by atoms with Crippen molar-refractivity contribution in [1.82, 2.24) is 4.98 Å². The number of aromatic nitrogens is 1. The normalized spacial score (nSPS) is 11.8. The van der Waals surface area contributed by atoms with Gasteiger partial charge in [0.25, 0.3) is 0 Å². The third kappa shape index (κ3) is 3.64. The van der Waals surface area contributed by atoms with Gasteiger partial charge in [0.15, 0.2) is 11.5 Å². The number of pyridine rings is 1. The smallest absolute Gasteiger partial charge is 0.356 e. The van der Waals surface area contributed by atoms with Crippen LogP contribution in [0.1, 0.15) is 29.0 Å². The summed E-state index contributed by atoms with van der Waals surface area (Å²) >= 11 is 5.87. The largest absolute Gasteiger partial charge is 0.464 e. The summed E-state index contributed by atoms with van der Waals surface area (Å²) in [6, 6.07) is 10.6. The maximum Gasteiger partial charge on any atom is 0.356 e. The zero-order valence-corrected chi connectivity index (χ0v) is 12.5. The number of hydrogen-bond acceptors (Lipinski definition) is 5. The minimum absolute atomic E-state index is 0.0371. The summed E-state index contributed by atoms with van der Waals surface area (Å²) in [6.45, 7) is 1.97. The van der Waals surface area contributed by atoms with Crippen LogP contribution in [0.2, 0.25) is 5.02 Å². The van der Waals surface area contributed by atoms with E-state index in [1.165, 1.54) is 13.2 Å². The number of esters is 1. The average molecular weight is 306 g/mol. The van der Waals surface area contributed by atoms with E-state index in [9.17, 15) is 4.79 Å². The fraction of sp³-hybridized carbons (Fsp3) is 0.200. The van der Waals surface area contributed by atoms with Gasteiger partial charge in [0.1, 0.15) is 0 Å². The Hall–Kier alpha value is -2.27. The third-order valence-corrected chi connectivity index (χ3v) is 3.30. The van der Waals surface area contributed by atoms with Gasteiger partial charge in [-0.05, 0) is 36.8 Å². The van der Waals surface area contributed by atoms with Crippen molar-refractivity contribution in [2.24, 2.45) is 0 Å². The first-order valence-electron chi connectivity index (χ1n) is 6.38. The molecule has 2 rings (SSSR count). The first-order chi connectivity index (χ1) is 10.0. The fourth-order valence-electron chi connectivity index (χ4n) is 1.84. The van der Waals surface area contributed by atoms with Crippen molar-refractivity contribution in [3.05, 3.63) is 52.7 Å². The van der Waals surface area contributed by atoms with Crippen LogP contribution in [0, 0.1) is 0 Å². The quantitative estimate of drug-likeness (QED) is 0.848. The van der Waals surface area contributed by atoms with Crippen molar-refractivity contribution >= 4 is 29.1 Å². The Balaban J connectivity index is 2.22. The van der Waals surface area contributed by atoms with Crippen LogP contribution < -0.4 is 11.1 Å². The molecule has 0 aliphatic carbocycles. The summed E-state index contributed by atoms with van der Waals surface area (Å²) < 4.78 is 4.65. The molecular weight excluding hydrogens is 290 g/mol. The molecule has 21 heavy (non-hydrogen) atoms. The molecule has 1 atom stereocenters. The molecule has 0 aliphatic rings. The molecule has 0 aliphatic heterocycles. The number of rotatable bonds is 4. The highest BCUT2D eigenvalue weighted by atomic mass is 35.5. The number of carbonyl (C=O) groups is 1. The van der Waals surface area contributed by atoms with Crippen molar-refractivity contribution in [3.8, 4) is 0 Å². The van der Waals surface area contributed by atoms with Crippen molar-refractivity contribution < 1.29 is 9.53 Å². The van der Waals surface area contributed by atoms with E-state index in [1.54, 1.807) is 6.07 Å². The summed E-state index contributed by atoms with van der Waals surface area (Å²) in [6.07, 6.45) is 0. The second-order valence-electron chi connectivity index (χ2n) is 4.54. The standard InChI is InChI=1S/C15H16ClN3O2/c1-9(10-3-5-11(16)6-4-10)18-14-12(17)7-8-13(19-14)15(20)21-2/h3-9H,17H2,1-2H3,(H,18,19). The molecule has 0 saturated heterocycles. The number of nitrogens with one attached hydrogen (secondary N) is 1. The van der Waals surface area contributed by atoms with Crippen LogP contribution in [0.4, 0.5) is 11.5 Å². The molecule has 0 saturated carbocycles. The number of nitrogens with two attached hydrogens (primary N) is 1. The van der Waals surface area contributed by atoms with Crippen LogP contribution in [-0.4, -0.2) is 18.1 Å². The van der Waals surface area contributed by atoms with Crippen molar-refractivity contribution in [3.63, 3.8) is 0 Å². The fourth-order valence-corrected chi connectivity index (χ4v) is 1.97. The zero-order chi connectivity index (χ0) is 15.4. The predicted molar refractivity (Wildman–Crippen MR) is 83.5 cm³/mol. The zero-order valence-electron chi connectivity index (χ0n) is 11.8. The lowest BCUT2D eigenvalue weighted by molar-refractivity contribution is 0.0594. The average Bonchev–Trinajstić information content (AvgIpc) is 2.49. The molecule has 5 nitrogen and oxygen atoms in total. The number of carbonyl (C=O) groups excluding carboxylic acids is 1. The van der Waals surface area contributed by atoms with E-state index in [-0.39, 0.29) is 11.7 Å². The second-order valence-corrected chi connectivity index (χ2v) is 4.98. The van der Waals surface area contributed by atoms with Crippen molar-refractivity contribution in [2.45, 2.75) is 13.0 Å². The summed E-state index contributed by atoms with van der Waals surface area (Å²) in [5, 5.41) is 3.86. The first-order valence-corrected chi connectivity index (χ1v) is 6.76.